The van der Waals surface area contributed by atoms with Crippen molar-refractivity contribution in [1.29, 1.82) is 0 Å². The number of guanidine groups is 1. The molecular formula is C23H37N5O2. The van der Waals surface area contributed by atoms with Gasteiger partial charge in [-0.25, -0.2) is 0 Å². The van der Waals surface area contributed by atoms with Crippen molar-refractivity contribution in [3.8, 4) is 0 Å². The van der Waals surface area contributed by atoms with Crippen LogP contribution in [-0.2, 0) is 22.6 Å². The monoisotopic (exact) mass is 415 g/mol. The molecule has 0 spiro atoms. The van der Waals surface area contributed by atoms with Crippen molar-refractivity contribution < 1.29 is 9.53 Å². The van der Waals surface area contributed by atoms with E-state index in [0.717, 1.165) is 51.6 Å². The van der Waals surface area contributed by atoms with Gasteiger partial charge in [0, 0.05) is 52.2 Å². The van der Waals surface area contributed by atoms with Crippen molar-refractivity contribution >= 4 is 11.9 Å². The molecule has 1 saturated heterocycles. The van der Waals surface area contributed by atoms with Crippen LogP contribution in [0.5, 0.6) is 0 Å². The zero-order chi connectivity index (χ0) is 21.0. The zero-order valence-electron chi connectivity index (χ0n) is 18.3. The van der Waals surface area contributed by atoms with Gasteiger partial charge in [-0.15, -0.1) is 0 Å². The van der Waals surface area contributed by atoms with Crippen molar-refractivity contribution in [3.63, 3.8) is 0 Å². The second kappa shape index (κ2) is 12.5. The average Bonchev–Trinajstić information content (AvgIpc) is 2.78. The minimum atomic E-state index is 0.126. The summed E-state index contributed by atoms with van der Waals surface area (Å²) in [7, 11) is 1.76. The summed E-state index contributed by atoms with van der Waals surface area (Å²) in [6.45, 7) is 5.80. The van der Waals surface area contributed by atoms with E-state index in [0.29, 0.717) is 25.6 Å². The zero-order valence-corrected chi connectivity index (χ0v) is 18.3. The van der Waals surface area contributed by atoms with Crippen LogP contribution < -0.4 is 16.0 Å². The maximum Gasteiger partial charge on any atom is 0.221 e. The molecule has 3 rings (SSSR count). The fourth-order valence-corrected chi connectivity index (χ4v) is 4.13. The summed E-state index contributed by atoms with van der Waals surface area (Å²) < 4.78 is 5.45. The van der Waals surface area contributed by atoms with Crippen LogP contribution in [0.4, 0.5) is 0 Å². The lowest BCUT2D eigenvalue weighted by Crippen LogP contribution is -2.41. The minimum absolute atomic E-state index is 0.126. The van der Waals surface area contributed by atoms with E-state index in [2.05, 4.69) is 50.1 Å². The third-order valence-corrected chi connectivity index (χ3v) is 5.90. The number of carbonyl (C=O) groups is 1. The number of hydrogen-bond acceptors (Lipinski definition) is 4. The summed E-state index contributed by atoms with van der Waals surface area (Å²) in [6, 6.07) is 8.89. The molecule has 0 atom stereocenters. The van der Waals surface area contributed by atoms with E-state index in [1.807, 2.05) is 0 Å². The van der Waals surface area contributed by atoms with Crippen LogP contribution in [0.25, 0.3) is 0 Å². The van der Waals surface area contributed by atoms with Crippen molar-refractivity contribution in [1.82, 2.24) is 20.9 Å². The number of nitrogens with one attached hydrogen (secondary N) is 3. The average molecular weight is 416 g/mol. The largest absolute Gasteiger partial charge is 0.379 e. The van der Waals surface area contributed by atoms with Gasteiger partial charge in [-0.3, -0.25) is 14.7 Å². The van der Waals surface area contributed by atoms with E-state index < -0.39 is 0 Å². The van der Waals surface area contributed by atoms with E-state index in [9.17, 15) is 4.79 Å². The maximum atomic E-state index is 12.2. The highest BCUT2D eigenvalue weighted by Crippen LogP contribution is 2.17. The molecule has 1 heterocycles. The summed E-state index contributed by atoms with van der Waals surface area (Å²) in [5, 5.41) is 9.80. The Hall–Kier alpha value is -2.12. The Balaban J connectivity index is 1.40. The van der Waals surface area contributed by atoms with E-state index in [1.54, 1.807) is 7.05 Å². The molecule has 1 aromatic carbocycles. The first-order chi connectivity index (χ1) is 14.7. The van der Waals surface area contributed by atoms with Crippen LogP contribution in [0.3, 0.4) is 0 Å². The third-order valence-electron chi connectivity index (χ3n) is 5.90. The maximum absolute atomic E-state index is 12.2. The molecule has 0 bridgehead atoms. The number of carbonyl (C=O) groups excluding carboxylic acids is 1. The second-order valence-corrected chi connectivity index (χ2v) is 8.16. The Morgan fingerprint density at radius 3 is 2.57 bits per heavy atom. The fraction of sp³-hybridized carbons (Fsp3) is 0.652. The van der Waals surface area contributed by atoms with Crippen LogP contribution in [0.1, 0.15) is 49.7 Å². The molecule has 0 radical (unpaired) electrons. The highest BCUT2D eigenvalue weighted by atomic mass is 16.5. The molecule has 1 aliphatic heterocycles. The summed E-state index contributed by atoms with van der Waals surface area (Å²) >= 11 is 0. The van der Waals surface area contributed by atoms with Gasteiger partial charge in [-0.1, -0.05) is 43.5 Å². The minimum Gasteiger partial charge on any atom is -0.379 e. The van der Waals surface area contributed by atoms with Gasteiger partial charge in [0.1, 0.15) is 0 Å². The summed E-state index contributed by atoms with van der Waals surface area (Å²) in [4.78, 5) is 18.9. The quantitative estimate of drug-likeness (QED) is 0.447. The Labute approximate surface area is 180 Å². The van der Waals surface area contributed by atoms with Crippen molar-refractivity contribution in [3.05, 3.63) is 35.4 Å². The van der Waals surface area contributed by atoms with Crippen molar-refractivity contribution in [2.75, 3.05) is 39.9 Å². The number of morpholine rings is 1. The molecule has 166 valence electrons. The smallest absolute Gasteiger partial charge is 0.221 e. The predicted molar refractivity (Wildman–Crippen MR) is 120 cm³/mol. The first kappa shape index (κ1) is 22.6. The Kier molecular flexibility index (Phi) is 9.44. The first-order valence-corrected chi connectivity index (χ1v) is 11.4. The van der Waals surface area contributed by atoms with E-state index in [-0.39, 0.29) is 5.91 Å². The van der Waals surface area contributed by atoms with Crippen LogP contribution in [0, 0.1) is 0 Å². The lowest BCUT2D eigenvalue weighted by Gasteiger charge is -2.27. The molecule has 1 amide bonds. The SMILES string of the molecule is CN=C(NCCC(=O)NC1CCCCC1)NCc1ccccc1CN1CCOCC1. The fourth-order valence-electron chi connectivity index (χ4n) is 4.13. The highest BCUT2D eigenvalue weighted by molar-refractivity contribution is 5.81. The Morgan fingerprint density at radius 1 is 1.10 bits per heavy atom. The molecule has 0 aromatic heterocycles. The molecule has 3 N–H and O–H groups in total. The topological polar surface area (TPSA) is 78.0 Å². The van der Waals surface area contributed by atoms with Crippen LogP contribution in [0.2, 0.25) is 0 Å². The molecule has 1 aromatic rings. The number of ether oxygens (including phenoxy) is 1. The molecule has 2 fully saturated rings. The van der Waals surface area contributed by atoms with Gasteiger partial charge in [0.05, 0.1) is 13.2 Å². The number of hydrogen-bond donors (Lipinski definition) is 3. The lowest BCUT2D eigenvalue weighted by atomic mass is 9.95. The second-order valence-electron chi connectivity index (χ2n) is 8.16. The first-order valence-electron chi connectivity index (χ1n) is 11.4. The van der Waals surface area contributed by atoms with Gasteiger partial charge >= 0.3 is 0 Å². The van der Waals surface area contributed by atoms with E-state index in [1.165, 1.54) is 30.4 Å². The van der Waals surface area contributed by atoms with Gasteiger partial charge in [0.2, 0.25) is 5.91 Å². The number of amides is 1. The number of rotatable bonds is 8. The van der Waals surface area contributed by atoms with Gasteiger partial charge in [-0.2, -0.15) is 0 Å². The molecule has 2 aliphatic rings. The normalized spacial score (nSPS) is 18.8. The van der Waals surface area contributed by atoms with Crippen LogP contribution >= 0.6 is 0 Å². The standard InChI is InChI=1S/C23H37N5O2/c1-24-23(25-12-11-22(29)27-21-9-3-2-4-10-21)26-17-19-7-5-6-8-20(19)18-28-13-15-30-16-14-28/h5-8,21H,2-4,9-18H2,1H3,(H,27,29)(H2,24,25,26). The Morgan fingerprint density at radius 2 is 1.83 bits per heavy atom. The summed E-state index contributed by atoms with van der Waals surface area (Å²) in [6.07, 6.45) is 6.45. The molecule has 0 unspecified atom stereocenters. The van der Waals surface area contributed by atoms with Crippen LogP contribution in [-0.4, -0.2) is 62.7 Å². The Bertz CT molecular complexity index is 682. The van der Waals surface area contributed by atoms with Gasteiger partial charge < -0.3 is 20.7 Å². The van der Waals surface area contributed by atoms with Gasteiger partial charge in [-0.05, 0) is 24.0 Å². The van der Waals surface area contributed by atoms with E-state index >= 15 is 0 Å². The van der Waals surface area contributed by atoms with Gasteiger partial charge in [0.15, 0.2) is 5.96 Å². The highest BCUT2D eigenvalue weighted by Gasteiger charge is 2.16. The van der Waals surface area contributed by atoms with Crippen molar-refractivity contribution in [2.45, 2.75) is 57.7 Å². The summed E-state index contributed by atoms with van der Waals surface area (Å²) in [5.41, 5.74) is 2.59. The lowest BCUT2D eigenvalue weighted by molar-refractivity contribution is -0.121. The number of nitrogens with zero attached hydrogens (tertiary/aromatic N) is 2. The van der Waals surface area contributed by atoms with Crippen molar-refractivity contribution in [2.24, 2.45) is 4.99 Å². The van der Waals surface area contributed by atoms with Crippen LogP contribution in [0.15, 0.2) is 29.3 Å². The molecule has 1 aliphatic carbocycles. The molecular weight excluding hydrogens is 378 g/mol. The predicted octanol–water partition coefficient (Wildman–Crippen LogP) is 2.02. The third kappa shape index (κ3) is 7.61. The van der Waals surface area contributed by atoms with Gasteiger partial charge in [0.25, 0.3) is 0 Å². The molecule has 7 nitrogen and oxygen atoms in total. The number of aliphatic imine (C=N–C) groups is 1. The molecule has 7 heteroatoms. The number of benzene rings is 1. The molecule has 30 heavy (non-hydrogen) atoms. The van der Waals surface area contributed by atoms with E-state index in [4.69, 9.17) is 4.74 Å². The summed E-state index contributed by atoms with van der Waals surface area (Å²) in [5.74, 6) is 0.849. The molecule has 1 saturated carbocycles.